The molecule has 0 aliphatic heterocycles. The summed E-state index contributed by atoms with van der Waals surface area (Å²) in [7, 11) is -2.43. The molecular weight excluding hydrogens is 620 g/mol. The summed E-state index contributed by atoms with van der Waals surface area (Å²) in [6.07, 6.45) is 0. The van der Waals surface area contributed by atoms with Gasteiger partial charge in [0.1, 0.15) is 45.4 Å². The molecule has 251 valence electrons. The van der Waals surface area contributed by atoms with Crippen LogP contribution in [-0.4, -0.2) is 22.4 Å². The molecule has 0 saturated heterocycles. The Bertz CT molecular complexity index is 1390. The molecule has 0 N–H and O–H groups in total. The quantitative estimate of drug-likeness (QED) is 0.158. The van der Waals surface area contributed by atoms with Gasteiger partial charge >= 0.3 is 0 Å². The topological polar surface area (TPSA) is 51.0 Å². The van der Waals surface area contributed by atoms with E-state index in [0.717, 1.165) is 44.2 Å². The van der Waals surface area contributed by atoms with Crippen LogP contribution in [0.4, 0.5) is 0 Å². The van der Waals surface area contributed by atoms with Crippen LogP contribution in [0.2, 0.25) is 0 Å². The Morgan fingerprint density at radius 2 is 0.574 bits per heavy atom. The van der Waals surface area contributed by atoms with Crippen molar-refractivity contribution in [2.75, 3.05) is 0 Å². The van der Waals surface area contributed by atoms with Gasteiger partial charge in [-0.05, 0) is 132 Å². The lowest BCUT2D eigenvalue weighted by atomic mass is 10.2. The van der Waals surface area contributed by atoms with E-state index in [1.54, 1.807) is 0 Å². The lowest BCUT2D eigenvalue weighted by Gasteiger charge is -2.28. The summed E-state index contributed by atoms with van der Waals surface area (Å²) in [6.45, 7) is 24.8. The van der Waals surface area contributed by atoms with E-state index in [-0.39, 0.29) is 22.4 Å². The van der Waals surface area contributed by atoms with Gasteiger partial charge in [0.2, 0.25) is 0 Å². The molecule has 0 unspecified atom stereocenters. The van der Waals surface area contributed by atoms with E-state index in [1.807, 2.05) is 24.3 Å². The van der Waals surface area contributed by atoms with Crippen LogP contribution in [0.15, 0.2) is 97.1 Å². The Hall–Kier alpha value is -3.10. The number of nitrogens with zero attached hydrogens (tertiary/aromatic N) is 1. The van der Waals surface area contributed by atoms with Gasteiger partial charge in [-0.2, -0.15) is 4.86 Å². The molecule has 0 spiro atoms. The number of hydrogen-bond donors (Lipinski definition) is 0. The summed E-state index contributed by atoms with van der Waals surface area (Å²) in [4.78, 5) is 5.81. The average molecular weight is 673 g/mol. The minimum atomic E-state index is -1.21. The lowest BCUT2D eigenvalue weighted by Crippen LogP contribution is -2.27. The highest BCUT2D eigenvalue weighted by atomic mass is 31.2. The van der Waals surface area contributed by atoms with E-state index >= 15 is 0 Å². The molecule has 0 bridgehead atoms. The zero-order valence-corrected chi connectivity index (χ0v) is 32.0. The minimum absolute atomic E-state index is 0.327. The first-order valence-electron chi connectivity index (χ1n) is 16.2. The van der Waals surface area contributed by atoms with E-state index in [1.165, 1.54) is 0 Å². The summed E-state index contributed by atoms with van der Waals surface area (Å²) in [5.41, 5.74) is -1.31. The molecule has 0 aromatic heterocycles. The first kappa shape index (κ1) is 36.7. The maximum absolute atomic E-state index is 6.33. The predicted molar refractivity (Wildman–Crippen MR) is 202 cm³/mol. The minimum Gasteiger partial charge on any atom is -0.488 e. The van der Waals surface area contributed by atoms with Crippen molar-refractivity contribution in [2.24, 2.45) is 0 Å². The van der Waals surface area contributed by atoms with Crippen molar-refractivity contribution in [1.29, 1.82) is 0 Å². The Morgan fingerprint density at radius 3 is 0.766 bits per heavy atom. The maximum Gasteiger partial charge on any atom is 0.120 e. The number of ether oxygens (including phenoxy) is 4. The third-order valence-electron chi connectivity index (χ3n) is 6.12. The predicted octanol–water partition coefficient (Wildman–Crippen LogP) is 9.40. The number of benzene rings is 4. The summed E-state index contributed by atoms with van der Waals surface area (Å²) in [5, 5.41) is 4.41. The molecule has 0 fully saturated rings. The fourth-order valence-electron chi connectivity index (χ4n) is 4.72. The maximum atomic E-state index is 6.33. The van der Waals surface area contributed by atoms with Crippen molar-refractivity contribution in [2.45, 2.75) is 105 Å². The Balaban J connectivity index is 1.89. The van der Waals surface area contributed by atoms with E-state index in [2.05, 4.69) is 156 Å². The van der Waals surface area contributed by atoms with Crippen molar-refractivity contribution in [3.8, 4) is 23.0 Å². The normalized spacial score (nSPS) is 12.7. The molecule has 0 aliphatic carbocycles. The van der Waals surface area contributed by atoms with Crippen LogP contribution in [0.5, 0.6) is 23.0 Å². The van der Waals surface area contributed by atoms with Gasteiger partial charge in [0.25, 0.3) is 0 Å². The number of rotatable bonds is 10. The van der Waals surface area contributed by atoms with Gasteiger partial charge in [-0.1, -0.05) is 48.5 Å². The third-order valence-corrected chi connectivity index (χ3v) is 10.6. The Kier molecular flexibility index (Phi) is 11.4. The van der Waals surface area contributed by atoms with E-state index in [0.29, 0.717) is 0 Å². The van der Waals surface area contributed by atoms with Gasteiger partial charge in [-0.25, -0.2) is 0 Å². The summed E-state index contributed by atoms with van der Waals surface area (Å²) in [5.74, 6) is 3.30. The van der Waals surface area contributed by atoms with E-state index in [9.17, 15) is 0 Å². The fourth-order valence-corrected chi connectivity index (χ4v) is 9.59. The van der Waals surface area contributed by atoms with Crippen LogP contribution in [-0.2, 0) is 0 Å². The molecule has 1 radical (unpaired) electrons. The van der Waals surface area contributed by atoms with Crippen molar-refractivity contribution in [3.05, 3.63) is 97.1 Å². The van der Waals surface area contributed by atoms with Gasteiger partial charge < -0.3 is 18.9 Å². The van der Waals surface area contributed by atoms with Crippen LogP contribution in [0, 0.1) is 0 Å². The largest absolute Gasteiger partial charge is 0.488 e. The van der Waals surface area contributed by atoms with Crippen molar-refractivity contribution in [3.63, 3.8) is 0 Å². The van der Waals surface area contributed by atoms with Gasteiger partial charge in [0.05, 0.1) is 0 Å². The molecule has 0 atom stereocenters. The highest BCUT2D eigenvalue weighted by molar-refractivity contribution is 7.85. The molecule has 5 nitrogen and oxygen atoms in total. The van der Waals surface area contributed by atoms with Gasteiger partial charge in [-0.3, -0.25) is 0 Å². The molecule has 0 aliphatic rings. The molecule has 0 heterocycles. The smallest absolute Gasteiger partial charge is 0.120 e. The van der Waals surface area contributed by atoms with Crippen LogP contribution < -0.4 is 45.0 Å². The standard InChI is InChI=1S/C40H52NO4P2/c1-37(2,3)42-29-17-13-21-33(25-29)46(34-22-14-18-30(26-34)43-38(4,5)6)41-47(35-23-15-19-31(27-35)44-39(7,8)9)36-24-16-20-32(28-36)45-40(10,11)12/h13-28H,1-12H3. The van der Waals surface area contributed by atoms with Crippen molar-refractivity contribution < 1.29 is 18.9 Å². The van der Waals surface area contributed by atoms with Crippen LogP contribution in [0.3, 0.4) is 0 Å². The number of hydrogen-bond acceptors (Lipinski definition) is 4. The molecule has 0 saturated carbocycles. The van der Waals surface area contributed by atoms with Crippen molar-refractivity contribution >= 4 is 37.4 Å². The monoisotopic (exact) mass is 672 g/mol. The Morgan fingerprint density at radius 1 is 0.362 bits per heavy atom. The molecule has 4 rings (SSSR count). The van der Waals surface area contributed by atoms with Crippen LogP contribution >= 0.6 is 16.1 Å². The first-order valence-corrected chi connectivity index (χ1v) is 18.8. The molecule has 7 heteroatoms. The Labute approximate surface area is 286 Å². The fraction of sp³-hybridized carbons (Fsp3) is 0.400. The highest BCUT2D eigenvalue weighted by Crippen LogP contribution is 2.47. The summed E-state index contributed by atoms with van der Waals surface area (Å²) >= 11 is 0. The SMILES string of the molecule is CC(C)(C)Oc1cccc(P([N]P(c2cccc(OC(C)(C)C)c2)c2cccc(OC(C)(C)C)c2)c2cccc(OC(C)(C)C)c2)c1. The first-order chi connectivity index (χ1) is 21.7. The van der Waals surface area contributed by atoms with Crippen LogP contribution in [0.1, 0.15) is 83.1 Å². The second-order valence-electron chi connectivity index (χ2n) is 15.6. The highest BCUT2D eigenvalue weighted by Gasteiger charge is 2.27. The second-order valence-corrected chi connectivity index (χ2v) is 19.6. The molecule has 47 heavy (non-hydrogen) atoms. The average Bonchev–Trinajstić information content (AvgIpc) is 2.90. The lowest BCUT2D eigenvalue weighted by molar-refractivity contribution is 0.130. The van der Waals surface area contributed by atoms with Crippen molar-refractivity contribution in [1.82, 2.24) is 4.86 Å². The van der Waals surface area contributed by atoms with Crippen LogP contribution in [0.25, 0.3) is 0 Å². The van der Waals surface area contributed by atoms with Gasteiger partial charge in [0, 0.05) is 37.4 Å². The third kappa shape index (κ3) is 12.1. The zero-order valence-electron chi connectivity index (χ0n) is 30.2. The molecule has 0 amide bonds. The summed E-state index contributed by atoms with van der Waals surface area (Å²) < 4.78 is 25.3. The second kappa shape index (κ2) is 14.6. The van der Waals surface area contributed by atoms with Gasteiger partial charge in [0.15, 0.2) is 0 Å². The molecular formula is C40H52NO4P2. The van der Waals surface area contributed by atoms with E-state index < -0.39 is 16.1 Å². The van der Waals surface area contributed by atoms with E-state index in [4.69, 9.17) is 23.8 Å². The zero-order chi connectivity index (χ0) is 34.6. The molecule has 4 aromatic carbocycles. The molecule has 4 aromatic rings. The van der Waals surface area contributed by atoms with Gasteiger partial charge in [-0.15, -0.1) is 0 Å². The summed E-state index contributed by atoms with van der Waals surface area (Å²) in [6, 6.07) is 33.5.